The van der Waals surface area contributed by atoms with Crippen LogP contribution < -0.4 is 0 Å². The van der Waals surface area contributed by atoms with E-state index in [1.807, 2.05) is 31.2 Å². The number of rotatable bonds is 7. The lowest BCUT2D eigenvalue weighted by molar-refractivity contribution is -0.145. The normalized spacial score (nSPS) is 12.2. The van der Waals surface area contributed by atoms with E-state index in [0.29, 0.717) is 6.61 Å². The fraction of sp³-hybridized carbons (Fsp3) is 0.500. The van der Waals surface area contributed by atoms with E-state index in [4.69, 9.17) is 4.74 Å². The van der Waals surface area contributed by atoms with E-state index < -0.39 is 0 Å². The molecule has 0 spiro atoms. The Morgan fingerprint density at radius 1 is 1.39 bits per heavy atom. The topological polar surface area (TPSA) is 26.3 Å². The van der Waals surface area contributed by atoms with E-state index >= 15 is 0 Å². The predicted octanol–water partition coefficient (Wildman–Crippen LogP) is 4.66. The van der Waals surface area contributed by atoms with E-state index in [9.17, 15) is 4.79 Å². The van der Waals surface area contributed by atoms with E-state index in [1.165, 1.54) is 0 Å². The first-order valence-corrected chi connectivity index (χ1v) is 8.08. The zero-order chi connectivity index (χ0) is 13.4. The lowest BCUT2D eigenvalue weighted by Gasteiger charge is -2.16. The van der Waals surface area contributed by atoms with Gasteiger partial charge in [-0.1, -0.05) is 50.4 Å². The van der Waals surface area contributed by atoms with E-state index in [1.54, 1.807) is 0 Å². The molecule has 0 unspecified atom stereocenters. The molecule has 0 saturated carbocycles. The number of carbonyl (C=O) groups excluding carboxylic acids is 1. The number of carbonyl (C=O) groups is 1. The molecule has 100 valence electrons. The minimum absolute atomic E-state index is 0.120. The van der Waals surface area contributed by atoms with Gasteiger partial charge in [-0.25, -0.2) is 0 Å². The Morgan fingerprint density at radius 3 is 2.78 bits per heavy atom. The molecule has 0 heterocycles. The van der Waals surface area contributed by atoms with Crippen molar-refractivity contribution in [3.8, 4) is 0 Å². The quantitative estimate of drug-likeness (QED) is 0.392. The molecule has 0 aliphatic carbocycles. The fourth-order valence-electron chi connectivity index (χ4n) is 1.83. The third kappa shape index (κ3) is 5.11. The molecule has 0 aliphatic rings. The zero-order valence-corrected chi connectivity index (χ0v) is 13.7. The average Bonchev–Trinajstić information content (AvgIpc) is 2.35. The van der Waals surface area contributed by atoms with Crippen LogP contribution in [0, 0.1) is 0 Å². The lowest BCUT2D eigenvalue weighted by atomic mass is 9.94. The SMILES string of the molecule is CCOC(=O)[C@@H](CCCCBr)c1cccc(Br)c1. The molecule has 1 aromatic rings. The predicted molar refractivity (Wildman–Crippen MR) is 81.2 cm³/mol. The summed E-state index contributed by atoms with van der Waals surface area (Å²) in [6.45, 7) is 2.27. The maximum absolute atomic E-state index is 12.0. The molecule has 0 aliphatic heterocycles. The number of unbranched alkanes of at least 4 members (excludes halogenated alkanes) is 1. The molecule has 0 amide bonds. The van der Waals surface area contributed by atoms with E-state index in [0.717, 1.165) is 34.6 Å². The summed E-state index contributed by atoms with van der Waals surface area (Å²) in [6.07, 6.45) is 2.92. The van der Waals surface area contributed by atoms with Crippen LogP contribution in [0.25, 0.3) is 0 Å². The second-order valence-corrected chi connectivity index (χ2v) is 5.75. The number of alkyl halides is 1. The highest BCUT2D eigenvalue weighted by molar-refractivity contribution is 9.10. The molecule has 0 radical (unpaired) electrons. The van der Waals surface area contributed by atoms with Crippen molar-refractivity contribution in [2.75, 3.05) is 11.9 Å². The highest BCUT2D eigenvalue weighted by Gasteiger charge is 2.21. The lowest BCUT2D eigenvalue weighted by Crippen LogP contribution is -2.16. The number of ether oxygens (including phenoxy) is 1. The first-order chi connectivity index (χ1) is 8.69. The van der Waals surface area contributed by atoms with E-state index in [-0.39, 0.29) is 11.9 Å². The smallest absolute Gasteiger partial charge is 0.313 e. The van der Waals surface area contributed by atoms with Gasteiger partial charge in [-0.2, -0.15) is 0 Å². The average molecular weight is 378 g/mol. The van der Waals surface area contributed by atoms with Crippen LogP contribution in [0.5, 0.6) is 0 Å². The van der Waals surface area contributed by atoms with Crippen LogP contribution in [0.3, 0.4) is 0 Å². The van der Waals surface area contributed by atoms with Crippen molar-refractivity contribution in [1.82, 2.24) is 0 Å². The highest BCUT2D eigenvalue weighted by Crippen LogP contribution is 2.26. The van der Waals surface area contributed by atoms with Crippen LogP contribution in [0.1, 0.15) is 37.7 Å². The van der Waals surface area contributed by atoms with Crippen molar-refractivity contribution in [2.24, 2.45) is 0 Å². The first-order valence-electron chi connectivity index (χ1n) is 6.17. The monoisotopic (exact) mass is 376 g/mol. The fourth-order valence-corrected chi connectivity index (χ4v) is 2.64. The molecule has 0 bridgehead atoms. The van der Waals surface area contributed by atoms with Crippen molar-refractivity contribution in [3.05, 3.63) is 34.3 Å². The van der Waals surface area contributed by atoms with Gasteiger partial charge < -0.3 is 4.74 Å². The van der Waals surface area contributed by atoms with E-state index in [2.05, 4.69) is 31.9 Å². The first kappa shape index (κ1) is 15.7. The number of halogens is 2. The molecule has 0 saturated heterocycles. The minimum atomic E-state index is -0.151. The van der Waals surface area contributed by atoms with Crippen molar-refractivity contribution < 1.29 is 9.53 Å². The van der Waals surface area contributed by atoms with Crippen LogP contribution in [0.15, 0.2) is 28.7 Å². The molecule has 0 N–H and O–H groups in total. The Hall–Kier alpha value is -0.350. The minimum Gasteiger partial charge on any atom is -0.466 e. The number of esters is 1. The van der Waals surface area contributed by atoms with Crippen molar-refractivity contribution in [3.63, 3.8) is 0 Å². The molecule has 1 atom stereocenters. The van der Waals surface area contributed by atoms with Crippen molar-refractivity contribution in [2.45, 2.75) is 32.1 Å². The summed E-state index contributed by atoms with van der Waals surface area (Å²) in [7, 11) is 0. The van der Waals surface area contributed by atoms with Crippen molar-refractivity contribution >= 4 is 37.8 Å². The summed E-state index contributed by atoms with van der Waals surface area (Å²) in [5.41, 5.74) is 1.03. The van der Waals surface area contributed by atoms with Gasteiger partial charge >= 0.3 is 5.97 Å². The Kier molecular flexibility index (Phi) is 7.59. The summed E-state index contributed by atoms with van der Waals surface area (Å²) in [6, 6.07) is 7.90. The molecule has 4 heteroatoms. The number of hydrogen-bond acceptors (Lipinski definition) is 2. The third-order valence-corrected chi connectivity index (χ3v) is 3.75. The molecule has 1 rings (SSSR count). The highest BCUT2D eigenvalue weighted by atomic mass is 79.9. The standard InChI is InChI=1S/C14H18Br2O2/c1-2-18-14(17)13(8-3-4-9-15)11-6-5-7-12(16)10-11/h5-7,10,13H,2-4,8-9H2,1H3/t13-/m0/s1. The largest absolute Gasteiger partial charge is 0.466 e. The summed E-state index contributed by atoms with van der Waals surface area (Å²) in [4.78, 5) is 12.0. The Bertz CT molecular complexity index is 380. The van der Waals surface area contributed by atoms with Gasteiger partial charge in [0.1, 0.15) is 0 Å². The number of hydrogen-bond donors (Lipinski definition) is 0. The molecular weight excluding hydrogens is 360 g/mol. The van der Waals surface area contributed by atoms with Gasteiger partial charge in [0.25, 0.3) is 0 Å². The third-order valence-electron chi connectivity index (χ3n) is 2.70. The number of benzene rings is 1. The second-order valence-electron chi connectivity index (χ2n) is 4.04. The van der Waals surface area contributed by atoms with Gasteiger partial charge in [-0.3, -0.25) is 4.79 Å². The summed E-state index contributed by atoms with van der Waals surface area (Å²) in [5.74, 6) is -0.272. The maximum atomic E-state index is 12.0. The molecule has 2 nitrogen and oxygen atoms in total. The van der Waals surface area contributed by atoms with Crippen LogP contribution >= 0.6 is 31.9 Å². The maximum Gasteiger partial charge on any atom is 0.313 e. The molecule has 0 fully saturated rings. The zero-order valence-electron chi connectivity index (χ0n) is 10.5. The Morgan fingerprint density at radius 2 is 2.17 bits per heavy atom. The Balaban J connectivity index is 2.78. The van der Waals surface area contributed by atoms with Gasteiger partial charge in [0, 0.05) is 9.80 Å². The van der Waals surface area contributed by atoms with Crippen molar-refractivity contribution in [1.29, 1.82) is 0 Å². The van der Waals surface area contributed by atoms with Crippen LogP contribution in [0.2, 0.25) is 0 Å². The summed E-state index contributed by atoms with van der Waals surface area (Å²) < 4.78 is 6.16. The van der Waals surface area contributed by atoms with Crippen LogP contribution in [-0.2, 0) is 9.53 Å². The second kappa shape index (κ2) is 8.70. The molecule has 1 aromatic carbocycles. The Labute approximate surface area is 125 Å². The van der Waals surface area contributed by atoms with Crippen LogP contribution in [-0.4, -0.2) is 17.9 Å². The molecular formula is C14H18Br2O2. The summed E-state index contributed by atoms with van der Waals surface area (Å²) in [5, 5.41) is 0.973. The van der Waals surface area contributed by atoms with Gasteiger partial charge in [0.15, 0.2) is 0 Å². The van der Waals surface area contributed by atoms with Gasteiger partial charge in [0.05, 0.1) is 12.5 Å². The molecule has 18 heavy (non-hydrogen) atoms. The molecule has 0 aromatic heterocycles. The summed E-state index contributed by atoms with van der Waals surface area (Å²) >= 11 is 6.85. The van der Waals surface area contributed by atoms with Gasteiger partial charge in [-0.15, -0.1) is 0 Å². The van der Waals surface area contributed by atoms with Gasteiger partial charge in [-0.05, 0) is 37.5 Å². The van der Waals surface area contributed by atoms with Crippen LogP contribution in [0.4, 0.5) is 0 Å². The van der Waals surface area contributed by atoms with Gasteiger partial charge in [0.2, 0.25) is 0 Å².